The van der Waals surface area contributed by atoms with E-state index in [2.05, 4.69) is 5.32 Å². The van der Waals surface area contributed by atoms with Gasteiger partial charge in [0.05, 0.1) is 0 Å². The van der Waals surface area contributed by atoms with Crippen LogP contribution in [0.5, 0.6) is 0 Å². The minimum atomic E-state index is -5.24. The number of hydrogen-bond donors (Lipinski definition) is 1. The molecule has 5 rings (SSSR count). The van der Waals surface area contributed by atoms with Crippen LogP contribution in [0.1, 0.15) is 58.4 Å². The Balaban J connectivity index is 1.69. The van der Waals surface area contributed by atoms with Crippen molar-refractivity contribution in [3.8, 4) is 0 Å². The first kappa shape index (κ1) is 26.1. The molecule has 1 aromatic rings. The van der Waals surface area contributed by atoms with Gasteiger partial charge in [0.1, 0.15) is 0 Å². The predicted molar refractivity (Wildman–Crippen MR) is 130 cm³/mol. The van der Waals surface area contributed by atoms with E-state index in [1.54, 1.807) is 4.90 Å². The number of hydroxylamine groups is 1. The number of nitrogens with one attached hydrogen (secondary N) is 1. The van der Waals surface area contributed by atoms with Gasteiger partial charge in [0, 0.05) is 38.8 Å². The molecule has 0 spiro atoms. The molecule has 1 aliphatic carbocycles. The van der Waals surface area contributed by atoms with E-state index in [1.807, 2.05) is 18.7 Å². The minimum Gasteiger partial charge on any atom is -0.329 e. The third kappa shape index (κ3) is 4.43. The van der Waals surface area contributed by atoms with E-state index in [4.69, 9.17) is 4.84 Å². The molecule has 4 aliphatic rings. The molecule has 0 radical (unpaired) electrons. The number of anilines is 2. The van der Waals surface area contributed by atoms with Crippen LogP contribution >= 0.6 is 0 Å². The van der Waals surface area contributed by atoms with Crippen molar-refractivity contribution in [2.75, 3.05) is 36.1 Å². The average molecular weight is 529 g/mol. The van der Waals surface area contributed by atoms with Gasteiger partial charge < -0.3 is 15.1 Å². The summed E-state index contributed by atoms with van der Waals surface area (Å²) in [6, 6.07) is -0.258. The third-order valence-electron chi connectivity index (χ3n) is 8.26. The Morgan fingerprint density at radius 1 is 1.14 bits per heavy atom. The zero-order valence-electron chi connectivity index (χ0n) is 21.5. The fourth-order valence-electron chi connectivity index (χ4n) is 6.39. The maximum atomic E-state index is 14.0. The fourth-order valence-corrected chi connectivity index (χ4v) is 6.39. The zero-order chi connectivity index (χ0) is 26.6. The Hall–Kier alpha value is -2.54. The standard InChI is InChI=1S/C24H35F3N6O4/c1-14(2)8-10-31-18-19(29(3)23(36)32(20(18)34)16-6-4-5-7-16)33(37-21(35)24(25,26)27)22(31)30-11-9-15-12-28-13-17(15)30/h14-17,22,28H,4-13H2,1-3H3. The number of carbonyl (C=O) groups is 1. The van der Waals surface area contributed by atoms with Gasteiger partial charge in [-0.2, -0.15) is 13.2 Å². The molecule has 0 bridgehead atoms. The summed E-state index contributed by atoms with van der Waals surface area (Å²) in [5.41, 5.74) is -1.04. The number of fused-ring (bicyclic) bond motifs is 2. The number of hydrogen-bond acceptors (Lipinski definition) is 8. The summed E-state index contributed by atoms with van der Waals surface area (Å²) in [5.74, 6) is -1.94. The Morgan fingerprint density at radius 2 is 1.84 bits per heavy atom. The number of nitrogens with zero attached hydrogens (tertiary/aromatic N) is 5. The first-order valence-corrected chi connectivity index (χ1v) is 13.2. The second kappa shape index (κ2) is 9.64. The van der Waals surface area contributed by atoms with Crippen molar-refractivity contribution in [1.29, 1.82) is 0 Å². The van der Waals surface area contributed by atoms with E-state index in [1.165, 1.54) is 16.2 Å². The molecule has 206 valence electrons. The molecule has 0 aromatic carbocycles. The van der Waals surface area contributed by atoms with Gasteiger partial charge in [0.25, 0.3) is 5.56 Å². The Morgan fingerprint density at radius 3 is 2.49 bits per heavy atom. The van der Waals surface area contributed by atoms with Crippen LogP contribution in [-0.4, -0.2) is 64.7 Å². The van der Waals surface area contributed by atoms with Crippen molar-refractivity contribution in [2.24, 2.45) is 18.9 Å². The fraction of sp³-hybridized carbons (Fsp3) is 0.792. The number of aromatic nitrogens is 2. The van der Waals surface area contributed by atoms with Crippen LogP contribution in [0, 0.1) is 11.8 Å². The van der Waals surface area contributed by atoms with E-state index >= 15 is 0 Å². The molecule has 3 aliphatic heterocycles. The topological polar surface area (TPSA) is 92.0 Å². The maximum Gasteiger partial charge on any atom is 0.493 e. The van der Waals surface area contributed by atoms with Crippen molar-refractivity contribution in [3.05, 3.63) is 20.8 Å². The van der Waals surface area contributed by atoms with E-state index in [0.29, 0.717) is 44.8 Å². The first-order valence-electron chi connectivity index (χ1n) is 13.2. The summed E-state index contributed by atoms with van der Waals surface area (Å²) in [4.78, 5) is 48.4. The molecule has 4 heterocycles. The molecule has 3 unspecified atom stereocenters. The monoisotopic (exact) mass is 528 g/mol. The highest BCUT2D eigenvalue weighted by Gasteiger charge is 2.54. The van der Waals surface area contributed by atoms with Crippen LogP contribution in [-0.2, 0) is 16.7 Å². The lowest BCUT2D eigenvalue weighted by Gasteiger charge is -2.40. The van der Waals surface area contributed by atoms with Crippen molar-refractivity contribution >= 4 is 17.5 Å². The second-order valence-corrected chi connectivity index (χ2v) is 11.1. The highest BCUT2D eigenvalue weighted by molar-refractivity contribution is 5.80. The van der Waals surface area contributed by atoms with Crippen LogP contribution in [0.3, 0.4) is 0 Å². The molecule has 37 heavy (non-hydrogen) atoms. The quantitative estimate of drug-likeness (QED) is 0.599. The molecule has 1 N–H and O–H groups in total. The number of alkyl halides is 3. The van der Waals surface area contributed by atoms with Crippen LogP contribution in [0.15, 0.2) is 9.59 Å². The summed E-state index contributed by atoms with van der Waals surface area (Å²) in [6.45, 7) is 6.41. The lowest BCUT2D eigenvalue weighted by atomic mass is 10.1. The number of halogens is 3. The van der Waals surface area contributed by atoms with Crippen molar-refractivity contribution in [1.82, 2.24) is 19.4 Å². The highest BCUT2D eigenvalue weighted by Crippen LogP contribution is 2.42. The first-order chi connectivity index (χ1) is 17.5. The molecule has 0 amide bonds. The van der Waals surface area contributed by atoms with E-state index in [9.17, 15) is 27.6 Å². The lowest BCUT2D eigenvalue weighted by Crippen LogP contribution is -2.59. The Bertz CT molecular complexity index is 1160. The molecular formula is C24H35F3N6O4. The Labute approximate surface area is 212 Å². The van der Waals surface area contributed by atoms with Crippen molar-refractivity contribution in [2.45, 2.75) is 76.9 Å². The molecule has 1 saturated carbocycles. The number of likely N-dealkylation sites (tertiary alicyclic amines) is 1. The smallest absolute Gasteiger partial charge is 0.329 e. The van der Waals surface area contributed by atoms with Crippen molar-refractivity contribution < 1.29 is 22.8 Å². The van der Waals surface area contributed by atoms with Crippen LogP contribution in [0.4, 0.5) is 24.7 Å². The van der Waals surface area contributed by atoms with E-state index in [-0.39, 0.29) is 29.5 Å². The highest BCUT2D eigenvalue weighted by atomic mass is 19.4. The average Bonchev–Trinajstić information content (AvgIpc) is 3.60. The lowest BCUT2D eigenvalue weighted by molar-refractivity contribution is -0.203. The summed E-state index contributed by atoms with van der Waals surface area (Å²) >= 11 is 0. The zero-order valence-corrected chi connectivity index (χ0v) is 21.5. The number of carbonyl (C=O) groups excluding carboxylic acids is 1. The molecule has 2 saturated heterocycles. The molecule has 3 fully saturated rings. The van der Waals surface area contributed by atoms with Gasteiger partial charge >= 0.3 is 17.8 Å². The van der Waals surface area contributed by atoms with Gasteiger partial charge in [-0.25, -0.2) is 9.59 Å². The minimum absolute atomic E-state index is 0.00189. The predicted octanol–water partition coefficient (Wildman–Crippen LogP) is 1.93. The van der Waals surface area contributed by atoms with Gasteiger partial charge in [-0.15, -0.1) is 5.06 Å². The van der Waals surface area contributed by atoms with Crippen LogP contribution in [0.25, 0.3) is 0 Å². The molecule has 13 heteroatoms. The van der Waals surface area contributed by atoms with E-state index in [0.717, 1.165) is 30.9 Å². The summed E-state index contributed by atoms with van der Waals surface area (Å²) in [7, 11) is 1.42. The van der Waals surface area contributed by atoms with Gasteiger partial charge in [-0.1, -0.05) is 26.7 Å². The summed E-state index contributed by atoms with van der Waals surface area (Å²) in [6.07, 6.45) is -1.54. The van der Waals surface area contributed by atoms with Gasteiger partial charge in [-0.3, -0.25) is 18.8 Å². The summed E-state index contributed by atoms with van der Waals surface area (Å²) < 4.78 is 42.6. The largest absolute Gasteiger partial charge is 0.493 e. The maximum absolute atomic E-state index is 14.0. The SMILES string of the molecule is CC(C)CCN1c2c(n(C)c(=O)n(C3CCCC3)c2=O)N(OC(=O)C(F)(F)F)C1N1CCC2CNCC21. The van der Waals surface area contributed by atoms with E-state index < -0.39 is 29.7 Å². The Kier molecular flexibility index (Phi) is 6.80. The van der Waals surface area contributed by atoms with Gasteiger partial charge in [-0.05, 0) is 44.1 Å². The third-order valence-corrected chi connectivity index (χ3v) is 8.26. The van der Waals surface area contributed by atoms with Gasteiger partial charge in [0.15, 0.2) is 17.8 Å². The van der Waals surface area contributed by atoms with Gasteiger partial charge in [0.2, 0.25) is 0 Å². The molecule has 10 nitrogen and oxygen atoms in total. The van der Waals surface area contributed by atoms with Crippen LogP contribution in [0.2, 0.25) is 0 Å². The van der Waals surface area contributed by atoms with Crippen molar-refractivity contribution in [3.63, 3.8) is 0 Å². The molecule has 1 aromatic heterocycles. The normalized spacial score (nSPS) is 26.4. The molecular weight excluding hydrogens is 493 g/mol. The summed E-state index contributed by atoms with van der Waals surface area (Å²) in [5, 5.41) is 4.20. The number of rotatable bonds is 6. The second-order valence-electron chi connectivity index (χ2n) is 11.1. The molecule has 3 atom stereocenters. The van der Waals surface area contributed by atoms with Crippen LogP contribution < -0.4 is 26.5 Å².